The number of carbonyl (C=O) groups excluding carboxylic acids is 1. The number of ether oxygens (including phenoxy) is 1. The summed E-state index contributed by atoms with van der Waals surface area (Å²) in [6, 6.07) is 15.5. The second-order valence-electron chi connectivity index (χ2n) is 7.58. The predicted molar refractivity (Wildman–Crippen MR) is 108 cm³/mol. The molecule has 0 atom stereocenters. The van der Waals surface area contributed by atoms with Crippen molar-refractivity contribution in [3.8, 4) is 11.4 Å². The molecule has 0 unspecified atom stereocenters. The summed E-state index contributed by atoms with van der Waals surface area (Å²) in [6.07, 6.45) is 2.53. The van der Waals surface area contributed by atoms with Crippen LogP contribution in [0.25, 0.3) is 5.69 Å². The standard InChI is InChI=1S/C21H25N5O2/c1-21(2,3)16-9-11-19(12-10-16)28-13-5-8-20(27)23-17-6-4-7-18(14-17)26-15-22-24-25-26/h4,6-7,9-12,14-15H,5,8,13H2,1-3H3,(H,23,27). The normalized spacial score (nSPS) is 11.2. The zero-order valence-electron chi connectivity index (χ0n) is 16.4. The number of anilines is 1. The Bertz CT molecular complexity index is 899. The van der Waals surface area contributed by atoms with Crippen LogP contribution in [0.1, 0.15) is 39.2 Å². The van der Waals surface area contributed by atoms with Gasteiger partial charge in [-0.05, 0) is 58.2 Å². The van der Waals surface area contributed by atoms with E-state index >= 15 is 0 Å². The molecule has 0 bridgehead atoms. The Morgan fingerprint density at radius 2 is 1.93 bits per heavy atom. The Morgan fingerprint density at radius 1 is 1.14 bits per heavy atom. The third kappa shape index (κ3) is 5.39. The van der Waals surface area contributed by atoms with Crippen molar-refractivity contribution in [3.63, 3.8) is 0 Å². The summed E-state index contributed by atoms with van der Waals surface area (Å²) >= 11 is 0. The highest BCUT2D eigenvalue weighted by Gasteiger charge is 2.13. The van der Waals surface area contributed by atoms with Crippen molar-refractivity contribution < 1.29 is 9.53 Å². The first kappa shape index (κ1) is 19.5. The molecule has 3 aromatic rings. The van der Waals surface area contributed by atoms with E-state index in [-0.39, 0.29) is 11.3 Å². The first-order valence-corrected chi connectivity index (χ1v) is 9.28. The fourth-order valence-corrected chi connectivity index (χ4v) is 2.70. The Kier molecular flexibility index (Phi) is 6.03. The van der Waals surface area contributed by atoms with Gasteiger partial charge in [0.25, 0.3) is 0 Å². The molecule has 1 aromatic heterocycles. The van der Waals surface area contributed by atoms with Crippen molar-refractivity contribution in [2.24, 2.45) is 0 Å². The number of tetrazole rings is 1. The molecule has 0 saturated heterocycles. The SMILES string of the molecule is CC(C)(C)c1ccc(OCCCC(=O)Nc2cccc(-n3cnnn3)c2)cc1. The van der Waals surface area contributed by atoms with Crippen LogP contribution in [0.15, 0.2) is 54.9 Å². The number of benzene rings is 2. The fraction of sp³-hybridized carbons (Fsp3) is 0.333. The van der Waals surface area contributed by atoms with E-state index in [2.05, 4.69) is 53.7 Å². The van der Waals surface area contributed by atoms with E-state index in [1.54, 1.807) is 0 Å². The van der Waals surface area contributed by atoms with Crippen LogP contribution >= 0.6 is 0 Å². The maximum atomic E-state index is 12.2. The fourth-order valence-electron chi connectivity index (χ4n) is 2.70. The van der Waals surface area contributed by atoms with Crippen molar-refractivity contribution in [1.82, 2.24) is 20.2 Å². The highest BCUT2D eigenvalue weighted by atomic mass is 16.5. The lowest BCUT2D eigenvalue weighted by atomic mass is 9.87. The molecular weight excluding hydrogens is 354 g/mol. The van der Waals surface area contributed by atoms with Gasteiger partial charge in [-0.2, -0.15) is 0 Å². The van der Waals surface area contributed by atoms with Gasteiger partial charge >= 0.3 is 0 Å². The molecule has 146 valence electrons. The number of aromatic nitrogens is 4. The second kappa shape index (κ2) is 8.65. The first-order chi connectivity index (χ1) is 13.4. The van der Waals surface area contributed by atoms with Crippen molar-refractivity contribution in [1.29, 1.82) is 0 Å². The van der Waals surface area contributed by atoms with Crippen LogP contribution in [0.2, 0.25) is 0 Å². The van der Waals surface area contributed by atoms with E-state index in [0.29, 0.717) is 25.1 Å². The zero-order valence-corrected chi connectivity index (χ0v) is 16.4. The van der Waals surface area contributed by atoms with Gasteiger partial charge in [-0.15, -0.1) is 5.10 Å². The molecule has 0 spiro atoms. The molecular formula is C21H25N5O2. The molecule has 3 rings (SSSR count). The molecule has 2 aromatic carbocycles. The number of rotatable bonds is 7. The maximum absolute atomic E-state index is 12.2. The third-order valence-corrected chi connectivity index (χ3v) is 4.28. The van der Waals surface area contributed by atoms with Gasteiger partial charge in [-0.1, -0.05) is 39.0 Å². The van der Waals surface area contributed by atoms with E-state index in [9.17, 15) is 4.79 Å². The summed E-state index contributed by atoms with van der Waals surface area (Å²) in [5.74, 6) is 0.767. The predicted octanol–water partition coefficient (Wildman–Crippen LogP) is 3.76. The minimum atomic E-state index is -0.0551. The Labute approximate surface area is 164 Å². The van der Waals surface area contributed by atoms with Crippen molar-refractivity contribution in [3.05, 3.63) is 60.4 Å². The lowest BCUT2D eigenvalue weighted by molar-refractivity contribution is -0.116. The van der Waals surface area contributed by atoms with E-state index in [0.717, 1.165) is 11.4 Å². The average Bonchev–Trinajstić information content (AvgIpc) is 3.20. The molecule has 1 N–H and O–H groups in total. The Hall–Kier alpha value is -3.22. The number of hydrogen-bond donors (Lipinski definition) is 1. The van der Waals surface area contributed by atoms with Gasteiger partial charge in [0, 0.05) is 12.1 Å². The average molecular weight is 379 g/mol. The van der Waals surface area contributed by atoms with Gasteiger partial charge in [0.15, 0.2) is 0 Å². The van der Waals surface area contributed by atoms with Crippen LogP contribution in [0.4, 0.5) is 5.69 Å². The molecule has 0 saturated carbocycles. The van der Waals surface area contributed by atoms with E-state index in [1.807, 2.05) is 36.4 Å². The van der Waals surface area contributed by atoms with Crippen LogP contribution in [0.5, 0.6) is 5.75 Å². The third-order valence-electron chi connectivity index (χ3n) is 4.28. The van der Waals surface area contributed by atoms with Crippen molar-refractivity contribution in [2.45, 2.75) is 39.0 Å². The molecule has 0 aliphatic rings. The van der Waals surface area contributed by atoms with E-state index in [1.165, 1.54) is 16.6 Å². The summed E-state index contributed by atoms with van der Waals surface area (Å²) in [4.78, 5) is 12.2. The zero-order chi connectivity index (χ0) is 20.0. The topological polar surface area (TPSA) is 81.9 Å². The van der Waals surface area contributed by atoms with Gasteiger partial charge in [-0.25, -0.2) is 4.68 Å². The Morgan fingerprint density at radius 3 is 2.61 bits per heavy atom. The van der Waals surface area contributed by atoms with Crippen molar-refractivity contribution in [2.75, 3.05) is 11.9 Å². The lowest BCUT2D eigenvalue weighted by Crippen LogP contribution is -2.13. The molecule has 28 heavy (non-hydrogen) atoms. The number of nitrogens with zero attached hydrogens (tertiary/aromatic N) is 4. The van der Waals surface area contributed by atoms with Crippen LogP contribution in [-0.4, -0.2) is 32.7 Å². The smallest absolute Gasteiger partial charge is 0.224 e. The van der Waals surface area contributed by atoms with Crippen LogP contribution in [0, 0.1) is 0 Å². The molecule has 0 radical (unpaired) electrons. The quantitative estimate of drug-likeness (QED) is 0.632. The minimum Gasteiger partial charge on any atom is -0.494 e. The summed E-state index contributed by atoms with van der Waals surface area (Å²) in [6.45, 7) is 7.03. The van der Waals surface area contributed by atoms with Crippen molar-refractivity contribution >= 4 is 11.6 Å². The summed E-state index contributed by atoms with van der Waals surface area (Å²) < 4.78 is 7.27. The van der Waals surface area contributed by atoms with E-state index in [4.69, 9.17) is 4.74 Å². The van der Waals surface area contributed by atoms with Gasteiger partial charge in [0.2, 0.25) is 5.91 Å². The maximum Gasteiger partial charge on any atom is 0.224 e. The van der Waals surface area contributed by atoms with Gasteiger partial charge in [0.1, 0.15) is 12.1 Å². The minimum absolute atomic E-state index is 0.0551. The largest absolute Gasteiger partial charge is 0.494 e. The number of carbonyl (C=O) groups is 1. The molecule has 1 heterocycles. The monoisotopic (exact) mass is 379 g/mol. The second-order valence-corrected chi connectivity index (χ2v) is 7.58. The first-order valence-electron chi connectivity index (χ1n) is 9.28. The highest BCUT2D eigenvalue weighted by Crippen LogP contribution is 2.24. The Balaban J connectivity index is 1.43. The summed E-state index contributed by atoms with van der Waals surface area (Å²) in [5, 5.41) is 14.0. The van der Waals surface area contributed by atoms with Gasteiger partial charge in [0.05, 0.1) is 12.3 Å². The molecule has 0 fully saturated rings. The number of nitrogens with one attached hydrogen (secondary N) is 1. The highest BCUT2D eigenvalue weighted by molar-refractivity contribution is 5.90. The number of amides is 1. The molecule has 7 nitrogen and oxygen atoms in total. The summed E-state index contributed by atoms with van der Waals surface area (Å²) in [7, 11) is 0. The molecule has 7 heteroatoms. The van der Waals surface area contributed by atoms with Gasteiger partial charge < -0.3 is 10.1 Å². The van der Waals surface area contributed by atoms with E-state index < -0.39 is 0 Å². The van der Waals surface area contributed by atoms with Crippen LogP contribution < -0.4 is 10.1 Å². The lowest BCUT2D eigenvalue weighted by Gasteiger charge is -2.19. The van der Waals surface area contributed by atoms with Crippen LogP contribution in [0.3, 0.4) is 0 Å². The van der Waals surface area contributed by atoms with Crippen LogP contribution in [-0.2, 0) is 10.2 Å². The molecule has 1 amide bonds. The molecule has 0 aliphatic heterocycles. The molecule has 0 aliphatic carbocycles. The summed E-state index contributed by atoms with van der Waals surface area (Å²) in [5.41, 5.74) is 2.88. The number of hydrogen-bond acceptors (Lipinski definition) is 5. The van der Waals surface area contributed by atoms with Gasteiger partial charge in [-0.3, -0.25) is 4.79 Å².